The summed E-state index contributed by atoms with van der Waals surface area (Å²) in [5.41, 5.74) is 2.23. The highest BCUT2D eigenvalue weighted by Gasteiger charge is 2.15. The highest BCUT2D eigenvalue weighted by atomic mass is 127. The molecule has 0 saturated carbocycles. The Bertz CT molecular complexity index is 975. The highest BCUT2D eigenvalue weighted by molar-refractivity contribution is 14.0. The minimum Gasteiger partial charge on any atom is -0.497 e. The van der Waals surface area contributed by atoms with E-state index in [1.807, 2.05) is 48.8 Å². The molecule has 166 valence electrons. The maximum Gasteiger partial charge on any atom is 0.191 e. The summed E-state index contributed by atoms with van der Waals surface area (Å²) in [5.74, 6) is 3.20. The van der Waals surface area contributed by atoms with Crippen molar-refractivity contribution in [1.29, 1.82) is 0 Å². The Balaban J connectivity index is 0.00000341. The van der Waals surface area contributed by atoms with E-state index in [9.17, 15) is 0 Å². The number of methoxy groups -OCH3 is 2. The molecule has 0 fully saturated rings. The first-order chi connectivity index (χ1) is 14.6. The van der Waals surface area contributed by atoms with E-state index < -0.39 is 0 Å². The zero-order valence-corrected chi connectivity index (χ0v) is 20.7. The molecule has 3 rings (SSSR count). The predicted molar refractivity (Wildman–Crippen MR) is 134 cm³/mol. The van der Waals surface area contributed by atoms with E-state index in [0.29, 0.717) is 12.5 Å². The number of guanidine groups is 1. The van der Waals surface area contributed by atoms with Crippen LogP contribution in [0.25, 0.3) is 0 Å². The van der Waals surface area contributed by atoms with Crippen LogP contribution in [-0.2, 0) is 13.1 Å². The molecule has 0 spiro atoms. The van der Waals surface area contributed by atoms with Crippen LogP contribution in [0.15, 0.2) is 65.9 Å². The van der Waals surface area contributed by atoms with Crippen molar-refractivity contribution < 1.29 is 9.47 Å². The lowest BCUT2D eigenvalue weighted by atomic mass is 10.1. The number of aromatic nitrogens is 2. The number of hydrogen-bond donors (Lipinski definition) is 2. The van der Waals surface area contributed by atoms with E-state index in [-0.39, 0.29) is 30.0 Å². The minimum atomic E-state index is -0.0367. The third-order valence-electron chi connectivity index (χ3n) is 4.89. The molecule has 1 atom stereocenters. The Morgan fingerprint density at radius 2 is 1.90 bits per heavy atom. The molecule has 2 N–H and O–H groups in total. The maximum absolute atomic E-state index is 5.50. The molecule has 31 heavy (non-hydrogen) atoms. The molecule has 0 aliphatic rings. The van der Waals surface area contributed by atoms with Crippen LogP contribution in [0.4, 0.5) is 0 Å². The van der Waals surface area contributed by atoms with Gasteiger partial charge in [-0.2, -0.15) is 0 Å². The van der Waals surface area contributed by atoms with Gasteiger partial charge in [-0.25, -0.2) is 4.98 Å². The van der Waals surface area contributed by atoms with Gasteiger partial charge in [-0.1, -0.05) is 30.3 Å². The smallest absolute Gasteiger partial charge is 0.191 e. The van der Waals surface area contributed by atoms with Crippen LogP contribution in [0.1, 0.15) is 29.9 Å². The monoisotopic (exact) mass is 535 g/mol. The number of ether oxygens (including phenoxy) is 2. The Labute approximate surface area is 200 Å². The first-order valence-corrected chi connectivity index (χ1v) is 9.87. The largest absolute Gasteiger partial charge is 0.497 e. The van der Waals surface area contributed by atoms with Crippen molar-refractivity contribution in [3.05, 3.63) is 77.9 Å². The summed E-state index contributed by atoms with van der Waals surface area (Å²) in [6, 6.07) is 16.1. The normalized spacial score (nSPS) is 11.9. The number of hydrogen-bond acceptors (Lipinski definition) is 4. The number of rotatable bonds is 8. The summed E-state index contributed by atoms with van der Waals surface area (Å²) in [5, 5.41) is 6.76. The van der Waals surface area contributed by atoms with Crippen LogP contribution in [-0.4, -0.2) is 36.8 Å². The lowest BCUT2D eigenvalue weighted by molar-refractivity contribution is 0.394. The summed E-state index contributed by atoms with van der Waals surface area (Å²) in [6.45, 7) is 3.39. The van der Waals surface area contributed by atoms with Gasteiger partial charge in [-0.15, -0.1) is 24.0 Å². The molecule has 0 radical (unpaired) electrons. The first-order valence-electron chi connectivity index (χ1n) is 9.87. The number of nitrogens with one attached hydrogen (secondary N) is 2. The van der Waals surface area contributed by atoms with E-state index in [0.717, 1.165) is 29.4 Å². The zero-order valence-electron chi connectivity index (χ0n) is 18.3. The summed E-state index contributed by atoms with van der Waals surface area (Å²) >= 11 is 0. The third kappa shape index (κ3) is 6.61. The molecule has 7 nitrogen and oxygen atoms in total. The number of nitrogens with zero attached hydrogens (tertiary/aromatic N) is 3. The first kappa shape index (κ1) is 24.5. The van der Waals surface area contributed by atoms with Crippen molar-refractivity contribution >= 4 is 29.9 Å². The number of imidazole rings is 1. The van der Waals surface area contributed by atoms with Crippen LogP contribution in [0.3, 0.4) is 0 Å². The second-order valence-electron chi connectivity index (χ2n) is 6.86. The van der Waals surface area contributed by atoms with Crippen LogP contribution in [0.5, 0.6) is 11.5 Å². The standard InChI is InChI=1S/C23H29N5O2.HI/c1-17(20-14-19(29-3)10-11-21(20)30-4)27-23(24-2)26-15-22-25-12-13-28(22)16-18-8-6-5-7-9-18;/h5-14,17H,15-16H2,1-4H3,(H2,24,26,27);1H. The fraction of sp³-hybridized carbons (Fsp3) is 0.304. The van der Waals surface area contributed by atoms with E-state index in [1.165, 1.54) is 5.56 Å². The van der Waals surface area contributed by atoms with Crippen LogP contribution in [0, 0.1) is 0 Å². The predicted octanol–water partition coefficient (Wildman–Crippen LogP) is 3.99. The number of benzene rings is 2. The molecule has 1 unspecified atom stereocenters. The van der Waals surface area contributed by atoms with E-state index in [2.05, 4.69) is 44.2 Å². The Kier molecular flexibility index (Phi) is 9.64. The molecule has 1 aromatic heterocycles. The quantitative estimate of drug-likeness (QED) is 0.259. The van der Waals surface area contributed by atoms with Gasteiger partial charge in [0.15, 0.2) is 5.96 Å². The third-order valence-corrected chi connectivity index (χ3v) is 4.89. The summed E-state index contributed by atoms with van der Waals surface area (Å²) in [4.78, 5) is 8.84. The van der Waals surface area contributed by atoms with Gasteiger partial charge in [-0.05, 0) is 30.7 Å². The molecule has 0 bridgehead atoms. The molecule has 0 saturated heterocycles. The SMILES string of the molecule is CN=C(NCc1nccn1Cc1ccccc1)NC(C)c1cc(OC)ccc1OC.I. The average Bonchev–Trinajstić information content (AvgIpc) is 3.23. The van der Waals surface area contributed by atoms with E-state index in [4.69, 9.17) is 9.47 Å². The van der Waals surface area contributed by atoms with Crippen molar-refractivity contribution in [2.75, 3.05) is 21.3 Å². The molecule has 2 aromatic carbocycles. The Morgan fingerprint density at radius 3 is 2.58 bits per heavy atom. The van der Waals surface area contributed by atoms with Crippen molar-refractivity contribution in [3.8, 4) is 11.5 Å². The molecule has 0 amide bonds. The van der Waals surface area contributed by atoms with Gasteiger partial charge >= 0.3 is 0 Å². The van der Waals surface area contributed by atoms with Crippen molar-refractivity contribution in [1.82, 2.24) is 20.2 Å². The molecular formula is C23H30IN5O2. The highest BCUT2D eigenvalue weighted by Crippen LogP contribution is 2.29. The number of halogens is 1. The molecule has 8 heteroatoms. The minimum absolute atomic E-state index is 0. The fourth-order valence-corrected chi connectivity index (χ4v) is 3.25. The molecule has 1 heterocycles. The second kappa shape index (κ2) is 12.2. The van der Waals surface area contributed by atoms with Gasteiger partial charge in [-0.3, -0.25) is 4.99 Å². The van der Waals surface area contributed by atoms with Gasteiger partial charge in [0.2, 0.25) is 0 Å². The van der Waals surface area contributed by atoms with Crippen LogP contribution >= 0.6 is 24.0 Å². The van der Waals surface area contributed by atoms with Gasteiger partial charge in [0, 0.05) is 31.5 Å². The summed E-state index contributed by atoms with van der Waals surface area (Å²) < 4.78 is 13.0. The molecule has 3 aromatic rings. The van der Waals surface area contributed by atoms with Gasteiger partial charge < -0.3 is 24.7 Å². The second-order valence-corrected chi connectivity index (χ2v) is 6.86. The van der Waals surface area contributed by atoms with E-state index >= 15 is 0 Å². The fourth-order valence-electron chi connectivity index (χ4n) is 3.25. The van der Waals surface area contributed by atoms with E-state index in [1.54, 1.807) is 21.3 Å². The Hall–Kier alpha value is -2.75. The Morgan fingerprint density at radius 1 is 1.13 bits per heavy atom. The molecular weight excluding hydrogens is 505 g/mol. The molecule has 0 aliphatic heterocycles. The average molecular weight is 535 g/mol. The van der Waals surface area contributed by atoms with Gasteiger partial charge in [0.05, 0.1) is 26.8 Å². The van der Waals surface area contributed by atoms with Crippen molar-refractivity contribution in [3.63, 3.8) is 0 Å². The maximum atomic E-state index is 5.50. The van der Waals surface area contributed by atoms with Crippen LogP contribution < -0.4 is 20.1 Å². The number of aliphatic imine (C=N–C) groups is 1. The van der Waals surface area contributed by atoms with Crippen molar-refractivity contribution in [2.45, 2.75) is 26.1 Å². The molecule has 0 aliphatic carbocycles. The summed E-state index contributed by atoms with van der Waals surface area (Å²) in [6.07, 6.45) is 3.81. The van der Waals surface area contributed by atoms with Crippen molar-refractivity contribution in [2.24, 2.45) is 4.99 Å². The van der Waals surface area contributed by atoms with Crippen LogP contribution in [0.2, 0.25) is 0 Å². The summed E-state index contributed by atoms with van der Waals surface area (Å²) in [7, 11) is 5.07. The zero-order chi connectivity index (χ0) is 21.3. The topological polar surface area (TPSA) is 72.7 Å². The van der Waals surface area contributed by atoms with Gasteiger partial charge in [0.1, 0.15) is 17.3 Å². The lowest BCUT2D eigenvalue weighted by Gasteiger charge is -2.21. The van der Waals surface area contributed by atoms with Gasteiger partial charge in [0.25, 0.3) is 0 Å². The lowest BCUT2D eigenvalue weighted by Crippen LogP contribution is -2.38.